The molecule has 110 valence electrons. The first-order valence-corrected chi connectivity index (χ1v) is 6.98. The molecule has 0 aromatic heterocycles. The van der Waals surface area contributed by atoms with Gasteiger partial charge in [0.05, 0.1) is 6.54 Å². The van der Waals surface area contributed by atoms with Gasteiger partial charge in [-0.15, -0.1) is 0 Å². The molecule has 0 heterocycles. The number of amides is 1. The summed E-state index contributed by atoms with van der Waals surface area (Å²) in [4.78, 5) is 14.0. The number of hydrogen-bond donors (Lipinski definition) is 2. The van der Waals surface area contributed by atoms with E-state index in [0.29, 0.717) is 13.1 Å². The number of carbonyl (C=O) groups excluding carboxylic acids is 1. The molecule has 0 aliphatic heterocycles. The Bertz CT molecular complexity index is 584. The van der Waals surface area contributed by atoms with E-state index in [4.69, 9.17) is 5.73 Å². The average molecular weight is 283 g/mol. The first-order valence-electron chi connectivity index (χ1n) is 6.98. The summed E-state index contributed by atoms with van der Waals surface area (Å²) in [5.41, 5.74) is 8.58. The van der Waals surface area contributed by atoms with Crippen molar-refractivity contribution in [1.82, 2.24) is 4.90 Å². The molecule has 0 saturated carbocycles. The maximum Gasteiger partial charge on any atom is 0.238 e. The van der Waals surface area contributed by atoms with Crippen LogP contribution in [0, 0.1) is 0 Å². The summed E-state index contributed by atoms with van der Waals surface area (Å²) in [5, 5.41) is 2.90. The Balaban J connectivity index is 1.86. The van der Waals surface area contributed by atoms with Crippen LogP contribution < -0.4 is 11.1 Å². The second kappa shape index (κ2) is 7.57. The summed E-state index contributed by atoms with van der Waals surface area (Å²) in [5.74, 6) is -0.0254. The highest BCUT2D eigenvalue weighted by Crippen LogP contribution is 2.10. The predicted molar refractivity (Wildman–Crippen MR) is 85.7 cm³/mol. The van der Waals surface area contributed by atoms with E-state index >= 15 is 0 Å². The van der Waals surface area contributed by atoms with E-state index in [0.717, 1.165) is 17.8 Å². The number of nitrogens with zero attached hydrogens (tertiary/aromatic N) is 1. The van der Waals surface area contributed by atoms with Crippen LogP contribution >= 0.6 is 0 Å². The Morgan fingerprint density at radius 3 is 2.52 bits per heavy atom. The molecular weight excluding hydrogens is 262 g/mol. The van der Waals surface area contributed by atoms with Crippen molar-refractivity contribution in [2.24, 2.45) is 5.73 Å². The van der Waals surface area contributed by atoms with E-state index in [9.17, 15) is 4.79 Å². The van der Waals surface area contributed by atoms with Gasteiger partial charge in [0.2, 0.25) is 5.91 Å². The summed E-state index contributed by atoms with van der Waals surface area (Å²) < 4.78 is 0. The molecule has 0 bridgehead atoms. The molecule has 21 heavy (non-hydrogen) atoms. The lowest BCUT2D eigenvalue weighted by atomic mass is 10.2. The minimum absolute atomic E-state index is 0.0254. The van der Waals surface area contributed by atoms with Crippen LogP contribution in [0.5, 0.6) is 0 Å². The molecule has 0 saturated heterocycles. The number of carbonyl (C=O) groups is 1. The third-order valence-corrected chi connectivity index (χ3v) is 3.16. The highest BCUT2D eigenvalue weighted by molar-refractivity contribution is 5.92. The quantitative estimate of drug-likeness (QED) is 0.854. The van der Waals surface area contributed by atoms with Crippen LogP contribution in [0.25, 0.3) is 0 Å². The zero-order chi connectivity index (χ0) is 15.1. The number of rotatable bonds is 6. The number of benzene rings is 2. The van der Waals surface area contributed by atoms with Gasteiger partial charge < -0.3 is 11.1 Å². The smallest absolute Gasteiger partial charge is 0.238 e. The van der Waals surface area contributed by atoms with Crippen molar-refractivity contribution >= 4 is 11.6 Å². The molecule has 2 aromatic rings. The second-order valence-electron chi connectivity index (χ2n) is 5.11. The topological polar surface area (TPSA) is 58.4 Å². The first kappa shape index (κ1) is 15.2. The van der Waals surface area contributed by atoms with E-state index in [-0.39, 0.29) is 5.91 Å². The molecule has 0 aliphatic rings. The Morgan fingerprint density at radius 2 is 1.81 bits per heavy atom. The van der Waals surface area contributed by atoms with Gasteiger partial charge in [0.25, 0.3) is 0 Å². The minimum atomic E-state index is -0.0254. The fraction of sp³-hybridized carbons (Fsp3) is 0.235. The van der Waals surface area contributed by atoms with Crippen LogP contribution in [0.3, 0.4) is 0 Å². The molecule has 3 N–H and O–H groups in total. The van der Waals surface area contributed by atoms with Gasteiger partial charge in [-0.05, 0) is 30.3 Å². The highest BCUT2D eigenvalue weighted by atomic mass is 16.2. The zero-order valence-corrected chi connectivity index (χ0v) is 12.3. The van der Waals surface area contributed by atoms with Gasteiger partial charge >= 0.3 is 0 Å². The SMILES string of the molecule is CN(CC(=O)Nc1cccc(CN)c1)Cc1ccccc1. The van der Waals surface area contributed by atoms with Crippen LogP contribution in [0.1, 0.15) is 11.1 Å². The molecular formula is C17H21N3O. The van der Waals surface area contributed by atoms with Gasteiger partial charge in [-0.25, -0.2) is 0 Å². The van der Waals surface area contributed by atoms with E-state index < -0.39 is 0 Å². The molecule has 0 fully saturated rings. The molecule has 1 amide bonds. The number of nitrogens with one attached hydrogen (secondary N) is 1. The van der Waals surface area contributed by atoms with Crippen molar-refractivity contribution in [2.75, 3.05) is 18.9 Å². The molecule has 2 aromatic carbocycles. The van der Waals surface area contributed by atoms with E-state index in [1.165, 1.54) is 5.56 Å². The van der Waals surface area contributed by atoms with Crippen molar-refractivity contribution in [2.45, 2.75) is 13.1 Å². The number of nitrogens with two attached hydrogens (primary N) is 1. The van der Waals surface area contributed by atoms with Crippen molar-refractivity contribution in [3.8, 4) is 0 Å². The summed E-state index contributed by atoms with van der Waals surface area (Å²) in [6.07, 6.45) is 0. The second-order valence-corrected chi connectivity index (χ2v) is 5.11. The van der Waals surface area contributed by atoms with Crippen LogP contribution in [0.15, 0.2) is 54.6 Å². The Kier molecular flexibility index (Phi) is 5.49. The number of hydrogen-bond acceptors (Lipinski definition) is 3. The maximum absolute atomic E-state index is 12.0. The molecule has 0 unspecified atom stereocenters. The number of likely N-dealkylation sites (N-methyl/N-ethyl adjacent to an activating group) is 1. The molecule has 4 nitrogen and oxygen atoms in total. The Hall–Kier alpha value is -2.17. The molecule has 2 rings (SSSR count). The lowest BCUT2D eigenvalue weighted by molar-refractivity contribution is -0.117. The molecule has 0 radical (unpaired) electrons. The zero-order valence-electron chi connectivity index (χ0n) is 12.3. The summed E-state index contributed by atoms with van der Waals surface area (Å²) in [6.45, 7) is 1.57. The van der Waals surface area contributed by atoms with Gasteiger partial charge in [0.1, 0.15) is 0 Å². The van der Waals surface area contributed by atoms with Crippen molar-refractivity contribution in [3.05, 3.63) is 65.7 Å². The summed E-state index contributed by atoms with van der Waals surface area (Å²) in [7, 11) is 1.93. The Morgan fingerprint density at radius 1 is 1.10 bits per heavy atom. The fourth-order valence-electron chi connectivity index (χ4n) is 2.17. The first-order chi connectivity index (χ1) is 10.2. The third kappa shape index (κ3) is 5.02. The standard InChI is InChI=1S/C17H21N3O/c1-20(12-14-6-3-2-4-7-14)13-17(21)19-16-9-5-8-15(10-16)11-18/h2-10H,11-13,18H2,1H3,(H,19,21). The minimum Gasteiger partial charge on any atom is -0.326 e. The van der Waals surface area contributed by atoms with Gasteiger partial charge in [0.15, 0.2) is 0 Å². The van der Waals surface area contributed by atoms with Crippen molar-refractivity contribution < 1.29 is 4.79 Å². The molecule has 0 aliphatic carbocycles. The predicted octanol–water partition coefficient (Wildman–Crippen LogP) is 2.22. The fourth-order valence-corrected chi connectivity index (χ4v) is 2.17. The lowest BCUT2D eigenvalue weighted by Gasteiger charge is -2.16. The van der Waals surface area contributed by atoms with Crippen LogP contribution in [0.2, 0.25) is 0 Å². The Labute approximate surface area is 125 Å². The average Bonchev–Trinajstić information content (AvgIpc) is 2.48. The van der Waals surface area contributed by atoms with Crippen molar-refractivity contribution in [3.63, 3.8) is 0 Å². The van der Waals surface area contributed by atoms with Crippen molar-refractivity contribution in [1.29, 1.82) is 0 Å². The molecule has 0 atom stereocenters. The van der Waals surface area contributed by atoms with E-state index in [1.54, 1.807) is 0 Å². The highest BCUT2D eigenvalue weighted by Gasteiger charge is 2.07. The van der Waals surface area contributed by atoms with Gasteiger partial charge in [-0.1, -0.05) is 42.5 Å². The summed E-state index contributed by atoms with van der Waals surface area (Å²) >= 11 is 0. The molecule has 4 heteroatoms. The van der Waals surface area contributed by atoms with Crippen LogP contribution in [0.4, 0.5) is 5.69 Å². The number of anilines is 1. The lowest BCUT2D eigenvalue weighted by Crippen LogP contribution is -2.29. The van der Waals surface area contributed by atoms with E-state index in [1.807, 2.05) is 54.4 Å². The van der Waals surface area contributed by atoms with Gasteiger partial charge in [-0.2, -0.15) is 0 Å². The normalized spacial score (nSPS) is 10.6. The maximum atomic E-state index is 12.0. The summed E-state index contributed by atoms with van der Waals surface area (Å²) in [6, 6.07) is 17.7. The third-order valence-electron chi connectivity index (χ3n) is 3.16. The van der Waals surface area contributed by atoms with Gasteiger partial charge in [-0.3, -0.25) is 9.69 Å². The van der Waals surface area contributed by atoms with Crippen LogP contribution in [-0.2, 0) is 17.9 Å². The van der Waals surface area contributed by atoms with E-state index in [2.05, 4.69) is 17.4 Å². The van der Waals surface area contributed by atoms with Gasteiger partial charge in [0, 0.05) is 18.8 Å². The largest absolute Gasteiger partial charge is 0.326 e. The monoisotopic (exact) mass is 283 g/mol. The van der Waals surface area contributed by atoms with Crippen LogP contribution in [-0.4, -0.2) is 24.4 Å². The molecule has 0 spiro atoms.